The number of aromatic hydroxyl groups is 1. The highest BCUT2D eigenvalue weighted by atomic mass is 16.5. The van der Waals surface area contributed by atoms with Crippen LogP contribution in [0.3, 0.4) is 0 Å². The molecule has 0 bridgehead atoms. The molecule has 1 aliphatic heterocycles. The van der Waals surface area contributed by atoms with Crippen LogP contribution in [0.4, 0.5) is 4.79 Å². The van der Waals surface area contributed by atoms with Gasteiger partial charge >= 0.3 is 12.1 Å². The summed E-state index contributed by atoms with van der Waals surface area (Å²) >= 11 is 0. The first-order valence-corrected chi connectivity index (χ1v) is 6.30. The third-order valence-electron chi connectivity index (χ3n) is 3.24. The average molecular weight is 327 g/mol. The van der Waals surface area contributed by atoms with Crippen LogP contribution in [0.15, 0.2) is 11.0 Å². The maximum Gasteiger partial charge on any atom is 0.428 e. The monoisotopic (exact) mass is 327 g/mol. The Hall–Kier alpha value is -3.08. The van der Waals surface area contributed by atoms with Crippen molar-refractivity contribution in [3.63, 3.8) is 0 Å². The van der Waals surface area contributed by atoms with Crippen molar-refractivity contribution in [2.24, 2.45) is 0 Å². The highest BCUT2D eigenvalue weighted by Gasteiger charge is 2.36. The number of amides is 2. The molecule has 11 nitrogen and oxygen atoms in total. The minimum absolute atomic E-state index is 0.0213. The van der Waals surface area contributed by atoms with Crippen LogP contribution in [0.5, 0.6) is 5.75 Å². The fourth-order valence-corrected chi connectivity index (χ4v) is 2.10. The fourth-order valence-electron chi connectivity index (χ4n) is 2.10. The minimum Gasteiger partial charge on any atom is -0.502 e. The highest BCUT2D eigenvalue weighted by Crippen LogP contribution is 2.21. The van der Waals surface area contributed by atoms with Crippen LogP contribution in [0, 0.1) is 0 Å². The highest BCUT2D eigenvalue weighted by molar-refractivity contribution is 5.99. The molecule has 0 aromatic carbocycles. The molecule has 2 rings (SSSR count). The lowest BCUT2D eigenvalue weighted by Crippen LogP contribution is -2.57. The number of aromatic carboxylic acids is 1. The number of ether oxygens (including phenoxy) is 1. The molecular weight excluding hydrogens is 314 g/mol. The van der Waals surface area contributed by atoms with Gasteiger partial charge in [0.1, 0.15) is 12.2 Å². The number of nitrogens with zero attached hydrogens (tertiary/aromatic N) is 3. The predicted molar refractivity (Wildman–Crippen MR) is 73.3 cm³/mol. The molecular formula is C12H13N3O8. The van der Waals surface area contributed by atoms with Gasteiger partial charge in [-0.1, -0.05) is 0 Å². The van der Waals surface area contributed by atoms with Gasteiger partial charge in [0, 0.05) is 19.9 Å². The van der Waals surface area contributed by atoms with E-state index in [1.54, 1.807) is 0 Å². The summed E-state index contributed by atoms with van der Waals surface area (Å²) in [6, 6.07) is 0. The summed E-state index contributed by atoms with van der Waals surface area (Å²) < 4.78 is 5.46. The van der Waals surface area contributed by atoms with Gasteiger partial charge in [-0.15, -0.1) is 0 Å². The van der Waals surface area contributed by atoms with E-state index in [1.807, 2.05) is 0 Å². The lowest BCUT2D eigenvalue weighted by atomic mass is 10.2. The Morgan fingerprint density at radius 1 is 1.30 bits per heavy atom. The Morgan fingerprint density at radius 3 is 2.48 bits per heavy atom. The number of pyridine rings is 1. The molecule has 1 aromatic heterocycles. The molecule has 0 radical (unpaired) electrons. The van der Waals surface area contributed by atoms with Gasteiger partial charge in [-0.05, 0) is 0 Å². The summed E-state index contributed by atoms with van der Waals surface area (Å²) in [7, 11) is 1.39. The van der Waals surface area contributed by atoms with Crippen molar-refractivity contribution in [1.82, 2.24) is 9.58 Å². The van der Waals surface area contributed by atoms with Crippen LogP contribution >= 0.6 is 0 Å². The smallest absolute Gasteiger partial charge is 0.428 e. The van der Waals surface area contributed by atoms with Crippen molar-refractivity contribution in [2.45, 2.75) is 0 Å². The second-order valence-corrected chi connectivity index (χ2v) is 4.60. The van der Waals surface area contributed by atoms with Gasteiger partial charge in [0.2, 0.25) is 5.43 Å². The topological polar surface area (TPSA) is 150 Å². The van der Waals surface area contributed by atoms with Crippen molar-refractivity contribution in [1.29, 1.82) is 0 Å². The Morgan fingerprint density at radius 2 is 1.96 bits per heavy atom. The van der Waals surface area contributed by atoms with E-state index in [9.17, 15) is 29.4 Å². The molecule has 0 atom stereocenters. The number of hydrogen-bond acceptors (Lipinski definition) is 6. The van der Waals surface area contributed by atoms with E-state index in [2.05, 4.69) is 0 Å². The molecule has 0 unspecified atom stereocenters. The van der Waals surface area contributed by atoms with Gasteiger partial charge in [-0.25, -0.2) is 14.3 Å². The van der Waals surface area contributed by atoms with E-state index in [0.717, 1.165) is 4.90 Å². The number of methoxy groups -OCH3 is 1. The first-order valence-electron chi connectivity index (χ1n) is 6.30. The van der Waals surface area contributed by atoms with Gasteiger partial charge in [0.25, 0.3) is 5.91 Å². The van der Waals surface area contributed by atoms with E-state index in [4.69, 9.17) is 9.84 Å². The van der Waals surface area contributed by atoms with Crippen molar-refractivity contribution in [3.05, 3.63) is 27.7 Å². The molecule has 0 aliphatic carbocycles. The Bertz CT molecular complexity index is 741. The van der Waals surface area contributed by atoms with E-state index in [1.165, 1.54) is 7.11 Å². The van der Waals surface area contributed by atoms with Crippen LogP contribution in [0.1, 0.15) is 20.8 Å². The van der Waals surface area contributed by atoms with Crippen LogP contribution in [0.25, 0.3) is 0 Å². The van der Waals surface area contributed by atoms with Gasteiger partial charge < -0.3 is 25.0 Å². The zero-order chi connectivity index (χ0) is 17.3. The molecule has 0 spiro atoms. The molecule has 0 saturated carbocycles. The molecule has 2 heterocycles. The Balaban J connectivity index is 2.66. The zero-order valence-electron chi connectivity index (χ0n) is 11.9. The second kappa shape index (κ2) is 5.96. The van der Waals surface area contributed by atoms with Gasteiger partial charge in [0.05, 0.1) is 6.61 Å². The molecule has 124 valence electrons. The average Bonchev–Trinajstić information content (AvgIpc) is 2.48. The Kier molecular flexibility index (Phi) is 4.22. The number of fused-ring (bicyclic) bond motifs is 1. The number of carboxylic acids is 1. The van der Waals surface area contributed by atoms with E-state index >= 15 is 0 Å². The second-order valence-electron chi connectivity index (χ2n) is 4.60. The van der Waals surface area contributed by atoms with E-state index < -0.39 is 47.1 Å². The van der Waals surface area contributed by atoms with Crippen LogP contribution in [0.2, 0.25) is 0 Å². The van der Waals surface area contributed by atoms with Gasteiger partial charge in [-0.2, -0.15) is 5.01 Å². The maximum absolute atomic E-state index is 12.3. The summed E-state index contributed by atoms with van der Waals surface area (Å²) in [6.45, 7) is -0.281. The number of carbonyl (C=O) groups is 3. The lowest BCUT2D eigenvalue weighted by molar-refractivity contribution is 0.0615. The standard InChI is InChI=1S/C12H13N3O8/c1-23-3-2-13-5-15(12(21)22)14-4-6(11(19)20)8(16)9(17)7(14)10(13)18/h4,17H,2-3,5H2,1H3,(H,19,20)(H,21,22). The van der Waals surface area contributed by atoms with Crippen molar-refractivity contribution in [2.75, 3.05) is 31.9 Å². The summed E-state index contributed by atoms with van der Waals surface area (Å²) in [5.74, 6) is -3.59. The van der Waals surface area contributed by atoms with Crippen LogP contribution in [-0.2, 0) is 4.74 Å². The molecule has 1 aromatic rings. The minimum atomic E-state index is -1.65. The number of aromatic nitrogens is 1. The third-order valence-corrected chi connectivity index (χ3v) is 3.24. The SMILES string of the molecule is COCCN1CN(C(=O)O)n2cc(C(=O)O)c(=O)c(O)c2C1=O. The summed E-state index contributed by atoms with van der Waals surface area (Å²) in [6.07, 6.45) is -0.806. The molecule has 3 N–H and O–H groups in total. The largest absolute Gasteiger partial charge is 0.502 e. The van der Waals surface area contributed by atoms with Crippen LogP contribution in [-0.4, -0.2) is 69.8 Å². The van der Waals surface area contributed by atoms with E-state index in [-0.39, 0.29) is 13.2 Å². The van der Waals surface area contributed by atoms with Gasteiger partial charge in [0.15, 0.2) is 11.4 Å². The fraction of sp³-hybridized carbons (Fsp3) is 0.333. The first kappa shape index (κ1) is 16.3. The molecule has 11 heteroatoms. The third kappa shape index (κ3) is 2.68. The summed E-state index contributed by atoms with van der Waals surface area (Å²) in [5, 5.41) is 28.7. The zero-order valence-corrected chi connectivity index (χ0v) is 11.9. The quantitative estimate of drug-likeness (QED) is 0.632. The number of carboxylic acid groups (broad SMARTS) is 2. The molecule has 23 heavy (non-hydrogen) atoms. The first-order chi connectivity index (χ1) is 10.8. The Labute approximate surface area is 128 Å². The predicted octanol–water partition coefficient (Wildman–Crippen LogP) is -1.07. The summed E-state index contributed by atoms with van der Waals surface area (Å²) in [5.41, 5.74) is -2.74. The molecule has 1 aliphatic rings. The van der Waals surface area contributed by atoms with Crippen molar-refractivity contribution in [3.8, 4) is 5.75 Å². The number of carbonyl (C=O) groups excluding carboxylic acids is 1. The van der Waals surface area contributed by atoms with Crippen LogP contribution < -0.4 is 10.4 Å². The number of hydrogen-bond donors (Lipinski definition) is 3. The normalized spacial score (nSPS) is 13.9. The summed E-state index contributed by atoms with van der Waals surface area (Å²) in [4.78, 5) is 47.6. The maximum atomic E-state index is 12.3. The van der Waals surface area contributed by atoms with Crippen molar-refractivity contribution < 1.29 is 34.4 Å². The van der Waals surface area contributed by atoms with Crippen molar-refractivity contribution >= 4 is 18.0 Å². The van der Waals surface area contributed by atoms with Gasteiger partial charge in [-0.3, -0.25) is 9.59 Å². The number of rotatable bonds is 4. The molecule has 0 fully saturated rings. The lowest BCUT2D eigenvalue weighted by Gasteiger charge is -2.36. The van der Waals surface area contributed by atoms with E-state index in [0.29, 0.717) is 15.9 Å². The molecule has 2 amide bonds. The molecule has 0 saturated heterocycles.